The van der Waals surface area contributed by atoms with Gasteiger partial charge in [0.2, 0.25) is 5.91 Å². The number of urea groups is 1. The van der Waals surface area contributed by atoms with Crippen LogP contribution in [-0.4, -0.2) is 81.0 Å². The fraction of sp³-hybridized carbons (Fsp3) is 0.680. The molecule has 1 aliphatic carbocycles. The molecule has 37 heavy (non-hydrogen) atoms. The first-order valence-corrected chi connectivity index (χ1v) is 12.7. The summed E-state index contributed by atoms with van der Waals surface area (Å²) >= 11 is 0. The Hall–Kier alpha value is -3.44. The zero-order valence-corrected chi connectivity index (χ0v) is 22.3. The number of aromatic nitrogens is 2. The minimum Gasteiger partial charge on any atom is -0.444 e. The van der Waals surface area contributed by atoms with Crippen LogP contribution in [0.25, 0.3) is 0 Å². The molecule has 2 N–H and O–H groups in total. The lowest BCUT2D eigenvalue weighted by Gasteiger charge is -2.38. The Balaban J connectivity index is 1.51. The van der Waals surface area contributed by atoms with Gasteiger partial charge in [-0.15, -0.1) is 0 Å². The summed E-state index contributed by atoms with van der Waals surface area (Å²) in [5.41, 5.74) is -2.30. The third kappa shape index (κ3) is 7.53. The second kappa shape index (κ2) is 11.3. The lowest BCUT2D eigenvalue weighted by atomic mass is 9.87. The number of nitrogens with zero attached hydrogens (tertiary/aromatic N) is 4. The number of amides is 4. The number of hydrogen-bond donors (Lipinski definition) is 2. The lowest BCUT2D eigenvalue weighted by Crippen LogP contribution is -2.60. The van der Waals surface area contributed by atoms with Crippen LogP contribution in [0.1, 0.15) is 66.3 Å². The van der Waals surface area contributed by atoms with Gasteiger partial charge in [-0.2, -0.15) is 4.98 Å². The minimum absolute atomic E-state index is 0.000579. The summed E-state index contributed by atoms with van der Waals surface area (Å²) in [6.45, 7) is 9.62. The van der Waals surface area contributed by atoms with E-state index in [1.807, 2.05) is 0 Å². The normalized spacial score (nSPS) is 20.7. The van der Waals surface area contributed by atoms with Crippen LogP contribution in [0.3, 0.4) is 0 Å². The number of nitrogens with one attached hydrogen (secondary N) is 2. The topological polar surface area (TPSA) is 143 Å². The minimum atomic E-state index is -1.17. The summed E-state index contributed by atoms with van der Waals surface area (Å²) in [6.07, 6.45) is 4.92. The highest BCUT2D eigenvalue weighted by Crippen LogP contribution is 2.30. The SMILES string of the molecule is CC(C)(C)OC(=O)NC(C)(C)C(=O)N1CCN(C(=O)Nc2ccn([C@H]3CC[C@H](C=O)CC3)c(=O)n2)CC1. The summed E-state index contributed by atoms with van der Waals surface area (Å²) < 4.78 is 6.81. The Morgan fingerprint density at radius 1 is 1.00 bits per heavy atom. The van der Waals surface area contributed by atoms with Gasteiger partial charge in [-0.1, -0.05) is 0 Å². The highest BCUT2D eigenvalue weighted by Gasteiger charge is 2.37. The number of hydrogen-bond acceptors (Lipinski definition) is 7. The van der Waals surface area contributed by atoms with Crippen molar-refractivity contribution >= 4 is 30.1 Å². The van der Waals surface area contributed by atoms with E-state index in [2.05, 4.69) is 15.6 Å². The van der Waals surface area contributed by atoms with E-state index in [0.29, 0.717) is 13.1 Å². The molecule has 12 nitrogen and oxygen atoms in total. The van der Waals surface area contributed by atoms with Crippen molar-refractivity contribution in [1.82, 2.24) is 24.7 Å². The van der Waals surface area contributed by atoms with Crippen molar-refractivity contribution in [2.75, 3.05) is 31.5 Å². The van der Waals surface area contributed by atoms with E-state index in [0.717, 1.165) is 32.0 Å². The van der Waals surface area contributed by atoms with Crippen LogP contribution in [0.4, 0.5) is 15.4 Å². The molecule has 1 saturated heterocycles. The van der Waals surface area contributed by atoms with Crippen LogP contribution in [0.15, 0.2) is 17.1 Å². The number of alkyl carbamates (subject to hydrolysis) is 1. The molecule has 1 aromatic heterocycles. The maximum absolute atomic E-state index is 13.0. The highest BCUT2D eigenvalue weighted by molar-refractivity contribution is 5.90. The van der Waals surface area contributed by atoms with Gasteiger partial charge in [0.05, 0.1) is 0 Å². The fourth-order valence-corrected chi connectivity index (χ4v) is 4.58. The van der Waals surface area contributed by atoms with Crippen LogP contribution < -0.4 is 16.3 Å². The first kappa shape index (κ1) is 28.1. The average molecular weight is 519 g/mol. The van der Waals surface area contributed by atoms with E-state index < -0.39 is 29.0 Å². The first-order chi connectivity index (χ1) is 17.3. The Kier molecular flexibility index (Phi) is 8.60. The highest BCUT2D eigenvalue weighted by atomic mass is 16.6. The van der Waals surface area contributed by atoms with Gasteiger partial charge < -0.3 is 24.6 Å². The lowest BCUT2D eigenvalue weighted by molar-refractivity contribution is -0.138. The van der Waals surface area contributed by atoms with E-state index in [4.69, 9.17) is 4.74 Å². The van der Waals surface area contributed by atoms with Crippen LogP contribution in [0, 0.1) is 5.92 Å². The van der Waals surface area contributed by atoms with Crippen molar-refractivity contribution in [2.45, 2.75) is 77.5 Å². The van der Waals surface area contributed by atoms with Gasteiger partial charge >= 0.3 is 17.8 Å². The van der Waals surface area contributed by atoms with Gasteiger partial charge in [-0.3, -0.25) is 14.7 Å². The number of aldehydes is 1. The molecule has 0 atom stereocenters. The average Bonchev–Trinajstić information content (AvgIpc) is 2.82. The molecule has 0 bridgehead atoms. The standard InChI is InChI=1S/C25H38N6O6/c1-24(2,3)37-23(36)28-25(4,5)20(33)29-12-14-30(15-13-29)21(34)26-19-10-11-31(22(35)27-19)18-8-6-17(16-32)7-9-18/h10-11,16-18H,6-9,12-15H2,1-5H3,(H,28,36)(H,26,27,34,35)/t17-,18-. The third-order valence-corrected chi connectivity index (χ3v) is 6.59. The molecular weight excluding hydrogens is 480 g/mol. The van der Waals surface area contributed by atoms with Crippen LogP contribution >= 0.6 is 0 Å². The van der Waals surface area contributed by atoms with Crippen molar-refractivity contribution in [1.29, 1.82) is 0 Å². The molecular formula is C25H38N6O6. The quantitative estimate of drug-likeness (QED) is 0.569. The Morgan fingerprint density at radius 2 is 1.59 bits per heavy atom. The number of ether oxygens (including phenoxy) is 1. The molecule has 2 heterocycles. The van der Waals surface area contributed by atoms with Gasteiger partial charge in [-0.05, 0) is 66.4 Å². The molecule has 1 aromatic rings. The zero-order valence-electron chi connectivity index (χ0n) is 22.3. The van der Waals surface area contributed by atoms with Gasteiger partial charge in [0.1, 0.15) is 23.2 Å². The Bertz CT molecular complexity index is 1060. The van der Waals surface area contributed by atoms with Crippen molar-refractivity contribution in [3.8, 4) is 0 Å². The predicted octanol–water partition coefficient (Wildman–Crippen LogP) is 2.15. The van der Waals surface area contributed by atoms with Crippen LogP contribution in [0.2, 0.25) is 0 Å². The molecule has 0 spiro atoms. The van der Waals surface area contributed by atoms with E-state index in [1.54, 1.807) is 61.2 Å². The smallest absolute Gasteiger partial charge is 0.408 e. The molecule has 1 saturated carbocycles. The molecule has 2 fully saturated rings. The predicted molar refractivity (Wildman–Crippen MR) is 136 cm³/mol. The van der Waals surface area contributed by atoms with Gasteiger partial charge in [-0.25, -0.2) is 14.4 Å². The molecule has 4 amide bonds. The van der Waals surface area contributed by atoms with Crippen LogP contribution in [-0.2, 0) is 14.3 Å². The molecule has 2 aliphatic rings. The maximum atomic E-state index is 13.0. The second-order valence-corrected chi connectivity index (χ2v) is 11.2. The van der Waals surface area contributed by atoms with Gasteiger partial charge in [0.15, 0.2) is 0 Å². The number of carbonyl (C=O) groups is 4. The summed E-state index contributed by atoms with van der Waals surface area (Å²) in [7, 11) is 0. The summed E-state index contributed by atoms with van der Waals surface area (Å²) in [6, 6.07) is 1.19. The molecule has 12 heteroatoms. The number of anilines is 1. The molecule has 1 aliphatic heterocycles. The van der Waals surface area contributed by atoms with E-state index >= 15 is 0 Å². The van der Waals surface area contributed by atoms with Crippen molar-refractivity contribution < 1.29 is 23.9 Å². The summed E-state index contributed by atoms with van der Waals surface area (Å²) in [5, 5.41) is 5.27. The van der Waals surface area contributed by atoms with Crippen molar-refractivity contribution in [3.05, 3.63) is 22.7 Å². The summed E-state index contributed by atoms with van der Waals surface area (Å²) in [4.78, 5) is 68.5. The molecule has 3 rings (SSSR count). The summed E-state index contributed by atoms with van der Waals surface area (Å²) in [5.74, 6) is -0.0542. The third-order valence-electron chi connectivity index (χ3n) is 6.59. The molecule has 0 aromatic carbocycles. The van der Waals surface area contributed by atoms with Crippen LogP contribution in [0.5, 0.6) is 0 Å². The second-order valence-electron chi connectivity index (χ2n) is 11.2. The first-order valence-electron chi connectivity index (χ1n) is 12.7. The number of rotatable bonds is 5. The van der Waals surface area contributed by atoms with Gasteiger partial charge in [0, 0.05) is 44.3 Å². The number of piperazine rings is 1. The maximum Gasteiger partial charge on any atom is 0.408 e. The Labute approximate surface area is 216 Å². The van der Waals surface area contributed by atoms with E-state index in [-0.39, 0.29) is 36.8 Å². The molecule has 0 radical (unpaired) electrons. The molecule has 0 unspecified atom stereocenters. The largest absolute Gasteiger partial charge is 0.444 e. The fourth-order valence-electron chi connectivity index (χ4n) is 4.58. The van der Waals surface area contributed by atoms with Gasteiger partial charge in [0.25, 0.3) is 0 Å². The van der Waals surface area contributed by atoms with Crippen molar-refractivity contribution in [2.24, 2.45) is 5.92 Å². The molecule has 204 valence electrons. The number of carbonyl (C=O) groups excluding carboxylic acids is 4. The Morgan fingerprint density at radius 3 is 2.14 bits per heavy atom. The zero-order chi connectivity index (χ0) is 27.4. The van der Waals surface area contributed by atoms with Crippen molar-refractivity contribution in [3.63, 3.8) is 0 Å². The van der Waals surface area contributed by atoms with E-state index in [9.17, 15) is 24.0 Å². The monoisotopic (exact) mass is 518 g/mol. The van der Waals surface area contributed by atoms with E-state index in [1.165, 1.54) is 0 Å².